The minimum atomic E-state index is -5.05. The number of carbonyl (C=O) groups excluding carboxylic acids is 5. The number of nitrogens with two attached hydrogens (primary N) is 1. The third-order valence-electron chi connectivity index (χ3n) is 11.2. The van der Waals surface area contributed by atoms with Gasteiger partial charge in [-0.25, -0.2) is 9.59 Å². The van der Waals surface area contributed by atoms with Crippen molar-refractivity contribution in [3.8, 4) is 0 Å². The van der Waals surface area contributed by atoms with Gasteiger partial charge in [-0.15, -0.1) is 0 Å². The summed E-state index contributed by atoms with van der Waals surface area (Å²) in [6, 6.07) is 32.3. The third-order valence-corrected chi connectivity index (χ3v) is 11.2. The summed E-state index contributed by atoms with van der Waals surface area (Å²) in [4.78, 5) is 73.4. The zero-order valence-corrected chi connectivity index (χ0v) is 37.5. The van der Waals surface area contributed by atoms with Crippen molar-refractivity contribution < 1.29 is 46.6 Å². The van der Waals surface area contributed by atoms with Crippen LogP contribution in [-0.2, 0) is 27.4 Å². The van der Waals surface area contributed by atoms with E-state index in [1.54, 1.807) is 58.5 Å². The molecule has 5 amide bonds. The van der Waals surface area contributed by atoms with Crippen LogP contribution >= 0.6 is 0 Å². The number of piperazine rings is 2. The molecule has 0 aromatic heterocycles. The molecular formula is C48H59F3N8O7. The molecule has 0 saturated carbocycles. The molecule has 18 heteroatoms. The predicted molar refractivity (Wildman–Crippen MR) is 245 cm³/mol. The lowest BCUT2D eigenvalue weighted by molar-refractivity contribution is -0.173. The van der Waals surface area contributed by atoms with Gasteiger partial charge in [-0.3, -0.25) is 34.0 Å². The van der Waals surface area contributed by atoms with Crippen molar-refractivity contribution in [1.82, 2.24) is 24.9 Å². The smallest absolute Gasteiger partial charge is 0.383 e. The number of rotatable bonds is 17. The second kappa shape index (κ2) is 25.5. The van der Waals surface area contributed by atoms with Gasteiger partial charge in [0, 0.05) is 102 Å². The number of carbonyl (C=O) groups is 5. The van der Waals surface area contributed by atoms with Crippen molar-refractivity contribution in [2.24, 2.45) is 5.73 Å². The van der Waals surface area contributed by atoms with Crippen LogP contribution in [0.15, 0.2) is 109 Å². The maximum Gasteiger partial charge on any atom is 0.471 e. The quantitative estimate of drug-likeness (QED) is 0.136. The highest BCUT2D eigenvalue weighted by Crippen LogP contribution is 2.23. The molecule has 2 aliphatic rings. The van der Waals surface area contributed by atoms with Crippen LogP contribution in [0.25, 0.3) is 0 Å². The molecule has 0 atom stereocenters. The number of nitrogens with one attached hydrogen (secondary N) is 1. The Balaban J connectivity index is 0.000000251. The lowest BCUT2D eigenvalue weighted by Gasteiger charge is -2.37. The Kier molecular flexibility index (Phi) is 19.6. The Labute approximate surface area is 383 Å². The minimum absolute atomic E-state index is 0.00490. The molecular weight excluding hydrogens is 858 g/mol. The first kappa shape index (κ1) is 50.8. The molecule has 0 unspecified atom stereocenters. The van der Waals surface area contributed by atoms with Crippen LogP contribution in [0.5, 0.6) is 0 Å². The summed E-state index contributed by atoms with van der Waals surface area (Å²) in [5, 5.41) is 1.57. The van der Waals surface area contributed by atoms with E-state index in [1.165, 1.54) is 12.1 Å². The van der Waals surface area contributed by atoms with Crippen molar-refractivity contribution in [3.05, 3.63) is 131 Å². The first-order chi connectivity index (χ1) is 31.8. The second-order valence-electron chi connectivity index (χ2n) is 15.7. The first-order valence-electron chi connectivity index (χ1n) is 21.8. The summed E-state index contributed by atoms with van der Waals surface area (Å²) >= 11 is 0. The molecule has 4 aromatic rings. The molecule has 0 radical (unpaired) electrons. The number of nitrogens with zero attached hydrogens (tertiary/aromatic N) is 6. The SMILES string of the molecule is COCCN1CCN(C(=O)N(Cc2ccc(C(=O)CN)cc2)c2ccccc2)CC1.COCCN1CCN(C(=O)N(Cc2ccc(C(=O)CNC(=O)C(F)(F)F)cc2)c2ccccc2)CC1. The van der Waals surface area contributed by atoms with Gasteiger partial charge in [-0.1, -0.05) is 84.9 Å². The highest BCUT2D eigenvalue weighted by Gasteiger charge is 2.38. The topological polar surface area (TPSA) is 161 Å². The van der Waals surface area contributed by atoms with Gasteiger partial charge in [-0.2, -0.15) is 13.2 Å². The van der Waals surface area contributed by atoms with Crippen molar-refractivity contribution in [1.29, 1.82) is 0 Å². The molecule has 2 aliphatic heterocycles. The molecule has 0 bridgehead atoms. The second-order valence-corrected chi connectivity index (χ2v) is 15.7. The average molecular weight is 917 g/mol. The number of ketones is 2. The Morgan fingerprint density at radius 3 is 1.30 bits per heavy atom. The number of hydrogen-bond acceptors (Lipinski definition) is 10. The van der Waals surface area contributed by atoms with Crippen molar-refractivity contribution >= 4 is 40.9 Å². The molecule has 3 N–H and O–H groups in total. The maximum atomic E-state index is 13.5. The largest absolute Gasteiger partial charge is 0.471 e. The van der Waals surface area contributed by atoms with Crippen LogP contribution in [0.4, 0.5) is 34.1 Å². The van der Waals surface area contributed by atoms with E-state index in [2.05, 4.69) is 9.80 Å². The van der Waals surface area contributed by atoms with E-state index in [-0.39, 0.29) is 36.5 Å². The van der Waals surface area contributed by atoms with E-state index < -0.39 is 24.4 Å². The number of methoxy groups -OCH3 is 2. The number of amides is 5. The molecule has 0 spiro atoms. The number of ether oxygens (including phenoxy) is 2. The molecule has 15 nitrogen and oxygen atoms in total. The lowest BCUT2D eigenvalue weighted by atomic mass is 10.1. The molecule has 2 saturated heterocycles. The number of alkyl halides is 3. The fourth-order valence-corrected chi connectivity index (χ4v) is 7.30. The number of anilines is 2. The lowest BCUT2D eigenvalue weighted by Crippen LogP contribution is -2.53. The Morgan fingerprint density at radius 1 is 0.576 bits per heavy atom. The van der Waals surface area contributed by atoms with Crippen molar-refractivity contribution in [2.45, 2.75) is 19.3 Å². The number of benzene rings is 4. The fourth-order valence-electron chi connectivity index (χ4n) is 7.30. The molecule has 4 aromatic carbocycles. The Bertz CT molecular complexity index is 2150. The number of urea groups is 2. The molecule has 2 fully saturated rings. The van der Waals surface area contributed by atoms with Crippen molar-refractivity contribution in [3.63, 3.8) is 0 Å². The van der Waals surface area contributed by atoms with Crippen LogP contribution in [-0.4, -0.2) is 161 Å². The standard InChI is InChI=1S/C25H29F3N4O4.C23H30N4O3/c1-36-16-15-30-11-13-31(14-12-30)24(35)32(21-5-3-2-4-6-21)18-19-7-9-20(10-8-19)22(33)17-29-23(34)25(26,27)28;1-30-16-15-25-11-13-26(14-12-25)23(29)27(21-5-3-2-4-6-21)18-19-7-9-20(10-8-19)22(28)17-24/h2-10H,11-18H2,1H3,(H,29,34);2-10H,11-18,24H2,1H3. The number of hydrogen-bond donors (Lipinski definition) is 2. The Hall–Kier alpha value is -6.18. The third kappa shape index (κ3) is 15.2. The van der Waals surface area contributed by atoms with Crippen LogP contribution in [0.3, 0.4) is 0 Å². The zero-order chi connectivity index (χ0) is 47.5. The predicted octanol–water partition coefficient (Wildman–Crippen LogP) is 5.16. The van der Waals surface area contributed by atoms with Gasteiger partial charge in [0.05, 0.1) is 39.4 Å². The summed E-state index contributed by atoms with van der Waals surface area (Å²) in [5.41, 5.74) is 9.46. The van der Waals surface area contributed by atoms with E-state index in [1.807, 2.05) is 77.7 Å². The van der Waals surface area contributed by atoms with Crippen LogP contribution in [0.2, 0.25) is 0 Å². The molecule has 6 rings (SSSR count). The summed E-state index contributed by atoms with van der Waals surface area (Å²) in [7, 11) is 3.36. The molecule has 66 heavy (non-hydrogen) atoms. The van der Waals surface area contributed by atoms with E-state index >= 15 is 0 Å². The van der Waals surface area contributed by atoms with Gasteiger partial charge >= 0.3 is 24.1 Å². The molecule has 0 aliphatic carbocycles. The minimum Gasteiger partial charge on any atom is -0.383 e. The fraction of sp³-hybridized carbons (Fsp3) is 0.396. The van der Waals surface area contributed by atoms with Crippen LogP contribution in [0, 0.1) is 0 Å². The highest BCUT2D eigenvalue weighted by molar-refractivity contribution is 6.00. The van der Waals surface area contributed by atoms with Gasteiger partial charge in [0.1, 0.15) is 0 Å². The Morgan fingerprint density at radius 2 is 0.955 bits per heavy atom. The monoisotopic (exact) mass is 916 g/mol. The summed E-state index contributed by atoms with van der Waals surface area (Å²) in [5.74, 6) is -2.91. The van der Waals surface area contributed by atoms with Gasteiger partial charge in [0.25, 0.3) is 0 Å². The van der Waals surface area contributed by atoms with Gasteiger partial charge in [-0.05, 0) is 35.4 Å². The van der Waals surface area contributed by atoms with Gasteiger partial charge < -0.3 is 30.3 Å². The highest BCUT2D eigenvalue weighted by atomic mass is 19.4. The van der Waals surface area contributed by atoms with Crippen LogP contribution < -0.4 is 20.9 Å². The molecule has 2 heterocycles. The van der Waals surface area contributed by atoms with E-state index in [9.17, 15) is 37.1 Å². The average Bonchev–Trinajstić information content (AvgIpc) is 3.35. The number of halogens is 3. The van der Waals surface area contributed by atoms with Gasteiger partial charge in [0.15, 0.2) is 11.6 Å². The summed E-state index contributed by atoms with van der Waals surface area (Å²) in [6.45, 7) is 8.67. The number of para-hydroxylation sites is 2. The first-order valence-corrected chi connectivity index (χ1v) is 21.8. The van der Waals surface area contributed by atoms with Gasteiger partial charge in [0.2, 0.25) is 0 Å². The van der Waals surface area contributed by atoms with Crippen molar-refractivity contribution in [2.75, 3.05) is 116 Å². The molecule has 354 valence electrons. The van der Waals surface area contributed by atoms with E-state index in [4.69, 9.17) is 15.2 Å². The zero-order valence-electron chi connectivity index (χ0n) is 37.5. The maximum absolute atomic E-state index is 13.5. The van der Waals surface area contributed by atoms with Crippen LogP contribution in [0.1, 0.15) is 31.8 Å². The van der Waals surface area contributed by atoms with E-state index in [0.29, 0.717) is 51.5 Å². The van der Waals surface area contributed by atoms with E-state index in [0.717, 1.165) is 61.8 Å². The summed E-state index contributed by atoms with van der Waals surface area (Å²) < 4.78 is 47.2. The summed E-state index contributed by atoms with van der Waals surface area (Å²) in [6.07, 6.45) is -5.05. The normalized spacial score (nSPS) is 14.5. The number of Topliss-reactive ketones (excluding diaryl/α,β-unsaturated/α-hetero) is 2.